The van der Waals surface area contributed by atoms with Crippen LogP contribution in [0.25, 0.3) is 11.0 Å². The largest absolute Gasteiger partial charge is 1.00 e. The quantitative estimate of drug-likeness (QED) is 0.560. The summed E-state index contributed by atoms with van der Waals surface area (Å²) in [5.74, 6) is -1.23. The van der Waals surface area contributed by atoms with Gasteiger partial charge in [-0.15, -0.1) is 12.7 Å². The summed E-state index contributed by atoms with van der Waals surface area (Å²) in [6.45, 7) is 0. The molecule has 0 unspecified atom stereocenters. The molecule has 0 spiro atoms. The van der Waals surface area contributed by atoms with Crippen LogP contribution in [0, 0.1) is 11.6 Å². The molecule has 0 heterocycles. The third-order valence-electron chi connectivity index (χ3n) is 1.57. The Balaban J connectivity index is 0.00000169. The summed E-state index contributed by atoms with van der Waals surface area (Å²) >= 11 is 3.86. The third-order valence-corrected chi connectivity index (χ3v) is 1.81. The molecule has 1 rings (SSSR count). The molecule has 1 aromatic rings. The maximum Gasteiger partial charge on any atom is 1.00 e. The van der Waals surface area contributed by atoms with E-state index in [0.29, 0.717) is 5.70 Å². The van der Waals surface area contributed by atoms with Crippen molar-refractivity contribution >= 4 is 18.3 Å². The van der Waals surface area contributed by atoms with E-state index in [1.807, 2.05) is 0 Å². The fraction of sp³-hybridized carbons (Fsp3) is 0.111. The monoisotopic (exact) mass is 239 g/mol. The van der Waals surface area contributed by atoms with E-state index in [1.165, 1.54) is 24.6 Å². The van der Waals surface area contributed by atoms with Gasteiger partial charge in [-0.2, -0.15) is 12.6 Å². The standard InChI is InChI=1S/C9H8F2NS.K/c1-12-9(5-13)7-3-2-6(10)4-8(7)11;/h2-5,13H,1H3;/q-1;+1/b9-5-;. The summed E-state index contributed by atoms with van der Waals surface area (Å²) in [4.78, 5) is 0. The van der Waals surface area contributed by atoms with Gasteiger partial charge in [-0.1, -0.05) is 6.07 Å². The van der Waals surface area contributed by atoms with Gasteiger partial charge in [-0.3, -0.25) is 0 Å². The molecule has 0 aliphatic heterocycles. The molecule has 0 fully saturated rings. The summed E-state index contributed by atoms with van der Waals surface area (Å²) in [5.41, 5.74) is 0.639. The second-order valence-electron chi connectivity index (χ2n) is 2.36. The molecule has 0 saturated heterocycles. The van der Waals surface area contributed by atoms with Gasteiger partial charge in [0.1, 0.15) is 11.6 Å². The number of rotatable bonds is 2. The zero-order valence-electron chi connectivity index (χ0n) is 7.96. The van der Waals surface area contributed by atoms with Crippen LogP contribution in [0.5, 0.6) is 0 Å². The summed E-state index contributed by atoms with van der Waals surface area (Å²) < 4.78 is 25.6. The number of hydrogen-bond acceptors (Lipinski definition) is 1. The molecule has 0 atom stereocenters. The Morgan fingerprint density at radius 1 is 1.43 bits per heavy atom. The van der Waals surface area contributed by atoms with Crippen molar-refractivity contribution in [2.45, 2.75) is 0 Å². The predicted molar refractivity (Wildman–Crippen MR) is 52.6 cm³/mol. The van der Waals surface area contributed by atoms with Gasteiger partial charge in [-0.25, -0.2) is 8.78 Å². The number of halogens is 2. The molecule has 0 aliphatic carbocycles. The van der Waals surface area contributed by atoms with Crippen LogP contribution in [0.1, 0.15) is 5.56 Å². The minimum Gasteiger partial charge on any atom is -0.686 e. The smallest absolute Gasteiger partial charge is 0.686 e. The van der Waals surface area contributed by atoms with Gasteiger partial charge in [0.25, 0.3) is 0 Å². The number of nitrogens with zero attached hydrogens (tertiary/aromatic N) is 1. The number of hydrogen-bond donors (Lipinski definition) is 1. The van der Waals surface area contributed by atoms with Gasteiger partial charge in [-0.05, 0) is 17.0 Å². The minimum atomic E-state index is -0.633. The van der Waals surface area contributed by atoms with E-state index in [2.05, 4.69) is 17.9 Å². The molecule has 1 aromatic carbocycles. The van der Waals surface area contributed by atoms with Crippen LogP contribution in [-0.4, -0.2) is 7.05 Å². The Morgan fingerprint density at radius 2 is 2.07 bits per heavy atom. The molecule has 14 heavy (non-hydrogen) atoms. The van der Waals surface area contributed by atoms with Crippen molar-refractivity contribution in [2.75, 3.05) is 7.05 Å². The van der Waals surface area contributed by atoms with E-state index in [0.717, 1.165) is 6.07 Å². The van der Waals surface area contributed by atoms with Crippen LogP contribution in [0.3, 0.4) is 0 Å². The molecule has 1 nitrogen and oxygen atoms in total. The van der Waals surface area contributed by atoms with Crippen molar-refractivity contribution in [2.24, 2.45) is 0 Å². The van der Waals surface area contributed by atoms with Crippen molar-refractivity contribution < 1.29 is 60.2 Å². The first kappa shape index (κ1) is 14.6. The van der Waals surface area contributed by atoms with E-state index in [1.54, 1.807) is 0 Å². The molecular formula is C9H8F2KNS. The maximum atomic E-state index is 13.1. The van der Waals surface area contributed by atoms with Crippen LogP contribution < -0.4 is 51.4 Å². The Hall–Kier alpha value is 0.606. The van der Waals surface area contributed by atoms with Gasteiger partial charge in [0.15, 0.2) is 0 Å². The summed E-state index contributed by atoms with van der Waals surface area (Å²) in [5, 5.41) is 5.16. The fourth-order valence-electron chi connectivity index (χ4n) is 0.945. The van der Waals surface area contributed by atoms with Crippen LogP contribution in [0.15, 0.2) is 23.6 Å². The Morgan fingerprint density at radius 3 is 2.50 bits per heavy atom. The molecular weight excluding hydrogens is 231 g/mol. The number of thiol groups is 1. The van der Waals surface area contributed by atoms with Crippen molar-refractivity contribution in [3.05, 3.63) is 46.1 Å². The fourth-order valence-corrected chi connectivity index (χ4v) is 1.20. The van der Waals surface area contributed by atoms with Gasteiger partial charge in [0.2, 0.25) is 0 Å². The van der Waals surface area contributed by atoms with E-state index in [9.17, 15) is 8.78 Å². The van der Waals surface area contributed by atoms with E-state index >= 15 is 0 Å². The minimum absolute atomic E-state index is 0. The van der Waals surface area contributed by atoms with Crippen LogP contribution in [0.2, 0.25) is 0 Å². The molecule has 0 aromatic heterocycles. The van der Waals surface area contributed by atoms with Crippen LogP contribution in [0.4, 0.5) is 8.78 Å². The maximum absolute atomic E-state index is 13.1. The van der Waals surface area contributed by atoms with Crippen molar-refractivity contribution in [3.63, 3.8) is 0 Å². The molecule has 5 heteroatoms. The third kappa shape index (κ3) is 3.64. The topological polar surface area (TPSA) is 14.1 Å². The second-order valence-corrected chi connectivity index (χ2v) is 2.62. The Kier molecular flexibility index (Phi) is 7.28. The van der Waals surface area contributed by atoms with Gasteiger partial charge < -0.3 is 5.32 Å². The van der Waals surface area contributed by atoms with E-state index < -0.39 is 11.6 Å². The van der Waals surface area contributed by atoms with Crippen LogP contribution in [-0.2, 0) is 0 Å². The molecule has 0 saturated carbocycles. The zero-order valence-corrected chi connectivity index (χ0v) is 12.0. The normalized spacial score (nSPS) is 10.7. The molecule has 0 radical (unpaired) electrons. The molecule has 70 valence electrons. The van der Waals surface area contributed by atoms with Gasteiger partial charge in [0.05, 0.1) is 0 Å². The van der Waals surface area contributed by atoms with Crippen molar-refractivity contribution in [3.8, 4) is 0 Å². The van der Waals surface area contributed by atoms with E-state index in [4.69, 9.17) is 0 Å². The zero-order chi connectivity index (χ0) is 9.84. The molecule has 0 N–H and O–H groups in total. The average molecular weight is 239 g/mol. The number of benzene rings is 1. The second kappa shape index (κ2) is 6.98. The first-order valence-corrected chi connectivity index (χ1v) is 4.10. The van der Waals surface area contributed by atoms with E-state index in [-0.39, 0.29) is 56.9 Å². The van der Waals surface area contributed by atoms with Crippen molar-refractivity contribution in [1.29, 1.82) is 0 Å². The Labute approximate surface area is 130 Å². The average Bonchev–Trinajstić information content (AvgIpc) is 2.10. The van der Waals surface area contributed by atoms with Gasteiger partial charge >= 0.3 is 51.4 Å². The molecule has 0 amide bonds. The summed E-state index contributed by atoms with van der Waals surface area (Å²) in [7, 11) is 1.52. The molecule has 0 bridgehead atoms. The summed E-state index contributed by atoms with van der Waals surface area (Å²) in [6.07, 6.45) is 0. The Bertz CT molecular complexity index is 342. The van der Waals surface area contributed by atoms with Crippen molar-refractivity contribution in [1.82, 2.24) is 0 Å². The summed E-state index contributed by atoms with van der Waals surface area (Å²) in [6, 6.07) is 3.33. The SMILES string of the molecule is C[N-]/C(=C\S)c1ccc(F)cc1F.[K+]. The van der Waals surface area contributed by atoms with Gasteiger partial charge in [0, 0.05) is 6.07 Å². The predicted octanol–water partition coefficient (Wildman–Crippen LogP) is 0.200. The first-order valence-electron chi connectivity index (χ1n) is 3.58. The molecule has 0 aliphatic rings. The first-order chi connectivity index (χ1) is 6.19. The van der Waals surface area contributed by atoms with Crippen LogP contribution >= 0.6 is 12.6 Å².